The van der Waals surface area contributed by atoms with E-state index in [1.807, 2.05) is 0 Å². The molecule has 1 aliphatic heterocycles. The smallest absolute Gasteiger partial charge is 0.355 e. The molecule has 1 aromatic carbocycles. The number of carbonyl (C=O) groups is 1. The van der Waals surface area contributed by atoms with E-state index in [-0.39, 0.29) is 23.3 Å². The zero-order chi connectivity index (χ0) is 12.6. The van der Waals surface area contributed by atoms with E-state index in [2.05, 4.69) is 5.32 Å². The second kappa shape index (κ2) is 4.22. The minimum Gasteiger partial charge on any atom is -0.355 e. The van der Waals surface area contributed by atoms with E-state index >= 15 is 0 Å². The van der Waals surface area contributed by atoms with Crippen molar-refractivity contribution < 1.29 is 18.0 Å². The van der Waals surface area contributed by atoms with Gasteiger partial charge in [-0.2, -0.15) is 13.2 Å². The van der Waals surface area contributed by atoms with E-state index in [4.69, 9.17) is 11.6 Å². The van der Waals surface area contributed by atoms with Crippen molar-refractivity contribution in [2.24, 2.45) is 0 Å². The molecule has 1 saturated heterocycles. The van der Waals surface area contributed by atoms with Crippen LogP contribution in [0.15, 0.2) is 18.2 Å². The van der Waals surface area contributed by atoms with Gasteiger partial charge in [0, 0.05) is 18.9 Å². The van der Waals surface area contributed by atoms with Gasteiger partial charge in [-0.3, -0.25) is 4.79 Å². The Morgan fingerprint density at radius 2 is 2.06 bits per heavy atom. The van der Waals surface area contributed by atoms with Gasteiger partial charge < -0.3 is 5.32 Å². The fourth-order valence-electron chi connectivity index (χ4n) is 1.85. The minimum absolute atomic E-state index is 0.140. The van der Waals surface area contributed by atoms with Crippen LogP contribution in [0.2, 0.25) is 5.02 Å². The lowest BCUT2D eigenvalue weighted by atomic mass is 9.96. The lowest BCUT2D eigenvalue weighted by Crippen LogP contribution is -2.13. The molecule has 0 spiro atoms. The van der Waals surface area contributed by atoms with Gasteiger partial charge in [0.25, 0.3) is 0 Å². The standard InChI is InChI=1S/C11H9ClF3NO/c12-9-2-1-6(3-8(9)11(13,14)15)7-4-10(17)16-5-7/h1-3,7H,4-5H2,(H,16,17)/t7-/m1/s1. The average Bonchev–Trinajstić information content (AvgIpc) is 2.64. The summed E-state index contributed by atoms with van der Waals surface area (Å²) < 4.78 is 37.9. The monoisotopic (exact) mass is 263 g/mol. The molecular formula is C11H9ClF3NO. The molecule has 1 aliphatic rings. The highest BCUT2D eigenvalue weighted by Gasteiger charge is 2.34. The summed E-state index contributed by atoms with van der Waals surface area (Å²) in [7, 11) is 0. The highest BCUT2D eigenvalue weighted by atomic mass is 35.5. The molecular weight excluding hydrogens is 255 g/mol. The molecule has 0 saturated carbocycles. The predicted octanol–water partition coefficient (Wildman–Crippen LogP) is 2.96. The lowest BCUT2D eigenvalue weighted by Gasteiger charge is -2.13. The van der Waals surface area contributed by atoms with Crippen molar-refractivity contribution in [2.45, 2.75) is 18.5 Å². The molecule has 0 unspecified atom stereocenters. The van der Waals surface area contributed by atoms with Crippen molar-refractivity contribution in [1.29, 1.82) is 0 Å². The first-order valence-electron chi connectivity index (χ1n) is 5.01. The Kier molecular flexibility index (Phi) is 3.03. The van der Waals surface area contributed by atoms with Crippen molar-refractivity contribution in [3.63, 3.8) is 0 Å². The van der Waals surface area contributed by atoms with Crippen LogP contribution < -0.4 is 5.32 Å². The van der Waals surface area contributed by atoms with Crippen molar-refractivity contribution in [2.75, 3.05) is 6.54 Å². The fourth-order valence-corrected chi connectivity index (χ4v) is 2.08. The summed E-state index contributed by atoms with van der Waals surface area (Å²) >= 11 is 5.51. The normalized spacial score (nSPS) is 20.5. The lowest BCUT2D eigenvalue weighted by molar-refractivity contribution is -0.137. The summed E-state index contributed by atoms with van der Waals surface area (Å²) in [6, 6.07) is 3.78. The Morgan fingerprint density at radius 1 is 1.35 bits per heavy atom. The van der Waals surface area contributed by atoms with E-state index < -0.39 is 11.7 Å². The molecule has 1 fully saturated rings. The van der Waals surface area contributed by atoms with Gasteiger partial charge in [-0.25, -0.2) is 0 Å². The molecule has 1 amide bonds. The number of hydrogen-bond donors (Lipinski definition) is 1. The zero-order valence-electron chi connectivity index (χ0n) is 8.64. The number of nitrogens with one attached hydrogen (secondary N) is 1. The van der Waals surface area contributed by atoms with Crippen LogP contribution in [0.25, 0.3) is 0 Å². The molecule has 1 heterocycles. The third-order valence-corrected chi connectivity index (χ3v) is 3.07. The molecule has 1 N–H and O–H groups in total. The molecule has 1 aromatic rings. The molecule has 0 aliphatic carbocycles. The number of rotatable bonds is 1. The number of hydrogen-bond acceptors (Lipinski definition) is 1. The van der Waals surface area contributed by atoms with Crippen LogP contribution in [0.3, 0.4) is 0 Å². The Labute approximate surface area is 101 Å². The van der Waals surface area contributed by atoms with E-state index in [9.17, 15) is 18.0 Å². The highest BCUT2D eigenvalue weighted by molar-refractivity contribution is 6.31. The Balaban J connectivity index is 2.34. The largest absolute Gasteiger partial charge is 0.417 e. The quantitative estimate of drug-likeness (QED) is 0.829. The molecule has 0 radical (unpaired) electrons. The van der Waals surface area contributed by atoms with Crippen LogP contribution in [0, 0.1) is 0 Å². The van der Waals surface area contributed by atoms with Crippen molar-refractivity contribution >= 4 is 17.5 Å². The number of halogens is 4. The molecule has 17 heavy (non-hydrogen) atoms. The van der Waals surface area contributed by atoms with E-state index in [1.54, 1.807) is 0 Å². The highest BCUT2D eigenvalue weighted by Crippen LogP contribution is 2.37. The van der Waals surface area contributed by atoms with Gasteiger partial charge in [-0.15, -0.1) is 0 Å². The van der Waals surface area contributed by atoms with Crippen molar-refractivity contribution in [1.82, 2.24) is 5.32 Å². The summed E-state index contributed by atoms with van der Waals surface area (Å²) in [5, 5.41) is 2.27. The molecule has 2 rings (SSSR count). The summed E-state index contributed by atoms with van der Waals surface area (Å²) in [6.45, 7) is 0.373. The number of carbonyl (C=O) groups excluding carboxylic acids is 1. The topological polar surface area (TPSA) is 29.1 Å². The van der Waals surface area contributed by atoms with Crippen molar-refractivity contribution in [3.8, 4) is 0 Å². The first kappa shape index (κ1) is 12.2. The second-order valence-corrected chi connectivity index (χ2v) is 4.35. The van der Waals surface area contributed by atoms with Crippen molar-refractivity contribution in [3.05, 3.63) is 34.3 Å². The van der Waals surface area contributed by atoms with Crippen LogP contribution in [0.1, 0.15) is 23.5 Å². The molecule has 92 valence electrons. The summed E-state index contributed by atoms with van der Waals surface area (Å²) in [5.41, 5.74) is -0.365. The van der Waals surface area contributed by atoms with Gasteiger partial charge in [-0.1, -0.05) is 17.7 Å². The molecule has 6 heteroatoms. The molecule has 1 atom stereocenters. The number of benzene rings is 1. The summed E-state index contributed by atoms with van der Waals surface area (Å²) in [5.74, 6) is -0.348. The maximum absolute atomic E-state index is 12.6. The third-order valence-electron chi connectivity index (χ3n) is 2.74. The van der Waals surface area contributed by atoms with Gasteiger partial charge >= 0.3 is 6.18 Å². The Hall–Kier alpha value is -1.23. The molecule has 0 aromatic heterocycles. The molecule has 0 bridgehead atoms. The van der Waals surface area contributed by atoms with Crippen LogP contribution >= 0.6 is 11.6 Å². The van der Waals surface area contributed by atoms with Crippen LogP contribution in [-0.2, 0) is 11.0 Å². The maximum atomic E-state index is 12.6. The van der Waals surface area contributed by atoms with Gasteiger partial charge in [0.05, 0.1) is 10.6 Å². The van der Waals surface area contributed by atoms with Gasteiger partial charge in [0.1, 0.15) is 0 Å². The van der Waals surface area contributed by atoms with Gasteiger partial charge in [0.15, 0.2) is 0 Å². The Bertz CT molecular complexity index is 459. The minimum atomic E-state index is -4.47. The van der Waals surface area contributed by atoms with Crippen LogP contribution in [-0.4, -0.2) is 12.5 Å². The zero-order valence-corrected chi connectivity index (χ0v) is 9.40. The average molecular weight is 264 g/mol. The van der Waals surface area contributed by atoms with Crippen LogP contribution in [0.4, 0.5) is 13.2 Å². The van der Waals surface area contributed by atoms with Gasteiger partial charge in [-0.05, 0) is 17.7 Å². The summed E-state index contributed by atoms with van der Waals surface area (Å²) in [4.78, 5) is 11.0. The summed E-state index contributed by atoms with van der Waals surface area (Å²) in [6.07, 6.45) is -4.25. The number of alkyl halides is 3. The first-order chi connectivity index (χ1) is 7.88. The predicted molar refractivity (Wildman–Crippen MR) is 56.8 cm³/mol. The van der Waals surface area contributed by atoms with Gasteiger partial charge in [0.2, 0.25) is 5.91 Å². The van der Waals surface area contributed by atoms with E-state index in [1.165, 1.54) is 12.1 Å². The number of amides is 1. The molecule has 2 nitrogen and oxygen atoms in total. The third kappa shape index (κ3) is 2.54. The first-order valence-corrected chi connectivity index (χ1v) is 5.39. The Morgan fingerprint density at radius 3 is 2.59 bits per heavy atom. The second-order valence-electron chi connectivity index (χ2n) is 3.94. The van der Waals surface area contributed by atoms with E-state index in [0.29, 0.717) is 12.1 Å². The van der Waals surface area contributed by atoms with E-state index in [0.717, 1.165) is 6.07 Å². The van der Waals surface area contributed by atoms with Crippen LogP contribution in [0.5, 0.6) is 0 Å². The fraction of sp³-hybridized carbons (Fsp3) is 0.364. The maximum Gasteiger partial charge on any atom is 0.417 e. The SMILES string of the molecule is O=C1C[C@@H](c2ccc(Cl)c(C(F)(F)F)c2)CN1.